The zero-order valence-corrected chi connectivity index (χ0v) is 18.3. The molecule has 3 aromatic rings. The first-order valence-electron chi connectivity index (χ1n) is 9.17. The number of thiazole rings is 1. The summed E-state index contributed by atoms with van der Waals surface area (Å²) in [6.45, 7) is 2.95. The summed E-state index contributed by atoms with van der Waals surface area (Å²) in [7, 11) is 1.63. The van der Waals surface area contributed by atoms with E-state index in [0.717, 1.165) is 45.3 Å². The second kappa shape index (κ2) is 8.94. The van der Waals surface area contributed by atoms with Crippen LogP contribution in [0.15, 0.2) is 52.3 Å². The number of nitrogens with zero attached hydrogens (tertiary/aromatic N) is 2. The van der Waals surface area contributed by atoms with Crippen molar-refractivity contribution in [3.63, 3.8) is 0 Å². The number of methoxy groups -OCH3 is 1. The number of halogens is 1. The van der Waals surface area contributed by atoms with Crippen molar-refractivity contribution in [2.45, 2.75) is 0 Å². The van der Waals surface area contributed by atoms with Crippen molar-refractivity contribution in [2.24, 2.45) is 0 Å². The lowest BCUT2D eigenvalue weighted by molar-refractivity contribution is 0.102. The standard InChI is InChI=1S/C21H20BrN3O3S/c1-27-16-5-2-14(3-6-16)21-24-18(13-29-21)20(26)23-17-12-15(22)4-7-19(17)25-8-10-28-11-9-25/h2-7,12-13H,8-11H2,1H3,(H,23,26). The molecule has 1 aliphatic heterocycles. The molecule has 4 rings (SSSR count). The molecule has 1 N–H and O–H groups in total. The molecular weight excluding hydrogens is 454 g/mol. The summed E-state index contributed by atoms with van der Waals surface area (Å²) in [6, 6.07) is 13.5. The van der Waals surface area contributed by atoms with Crippen molar-refractivity contribution in [1.29, 1.82) is 0 Å². The normalized spacial score (nSPS) is 13.9. The van der Waals surface area contributed by atoms with Gasteiger partial charge in [-0.05, 0) is 42.5 Å². The van der Waals surface area contributed by atoms with E-state index in [9.17, 15) is 4.79 Å². The Morgan fingerprint density at radius 1 is 1.21 bits per heavy atom. The average molecular weight is 474 g/mol. The van der Waals surface area contributed by atoms with E-state index in [1.165, 1.54) is 11.3 Å². The number of carbonyl (C=O) groups excluding carboxylic acids is 1. The van der Waals surface area contributed by atoms with Gasteiger partial charge in [-0.3, -0.25) is 4.79 Å². The predicted molar refractivity (Wildman–Crippen MR) is 119 cm³/mol. The number of rotatable bonds is 5. The van der Waals surface area contributed by atoms with E-state index in [-0.39, 0.29) is 5.91 Å². The maximum absolute atomic E-state index is 12.9. The molecule has 1 aliphatic rings. The maximum atomic E-state index is 12.9. The number of morpholine rings is 1. The van der Waals surface area contributed by atoms with Crippen molar-refractivity contribution in [3.05, 3.63) is 58.0 Å². The van der Waals surface area contributed by atoms with Gasteiger partial charge < -0.3 is 19.7 Å². The van der Waals surface area contributed by atoms with E-state index in [1.54, 1.807) is 12.5 Å². The molecule has 6 nitrogen and oxygen atoms in total. The van der Waals surface area contributed by atoms with Crippen LogP contribution in [-0.2, 0) is 4.74 Å². The topological polar surface area (TPSA) is 63.7 Å². The van der Waals surface area contributed by atoms with Crippen molar-refractivity contribution in [3.8, 4) is 16.3 Å². The minimum Gasteiger partial charge on any atom is -0.497 e. The molecule has 1 fully saturated rings. The Morgan fingerprint density at radius 3 is 2.69 bits per heavy atom. The minimum absolute atomic E-state index is 0.228. The predicted octanol–water partition coefficient (Wildman–Crippen LogP) is 4.67. The fraction of sp³-hybridized carbons (Fsp3) is 0.238. The summed E-state index contributed by atoms with van der Waals surface area (Å²) in [5.41, 5.74) is 3.08. The Hall–Kier alpha value is -2.42. The van der Waals surface area contributed by atoms with Gasteiger partial charge in [0.15, 0.2) is 0 Å². The van der Waals surface area contributed by atoms with E-state index < -0.39 is 0 Å². The van der Waals surface area contributed by atoms with Crippen LogP contribution in [0.2, 0.25) is 0 Å². The Labute approximate surface area is 181 Å². The van der Waals surface area contributed by atoms with Crippen molar-refractivity contribution >= 4 is 44.5 Å². The quantitative estimate of drug-likeness (QED) is 0.583. The molecule has 0 atom stereocenters. The smallest absolute Gasteiger partial charge is 0.275 e. The molecular formula is C21H20BrN3O3S. The van der Waals surface area contributed by atoms with E-state index in [4.69, 9.17) is 9.47 Å². The number of amides is 1. The van der Waals surface area contributed by atoms with Gasteiger partial charge in [-0.2, -0.15) is 0 Å². The van der Waals surface area contributed by atoms with E-state index in [2.05, 4.69) is 31.1 Å². The van der Waals surface area contributed by atoms with Crippen LogP contribution in [0.1, 0.15) is 10.5 Å². The highest BCUT2D eigenvalue weighted by Gasteiger charge is 2.18. The van der Waals surface area contributed by atoms with Crippen LogP contribution in [0.4, 0.5) is 11.4 Å². The van der Waals surface area contributed by atoms with E-state index >= 15 is 0 Å². The number of nitrogens with one attached hydrogen (secondary N) is 1. The number of anilines is 2. The molecule has 2 heterocycles. The number of hydrogen-bond donors (Lipinski definition) is 1. The molecule has 8 heteroatoms. The van der Waals surface area contributed by atoms with Crippen LogP contribution in [0.5, 0.6) is 5.75 Å². The second-order valence-corrected chi connectivity index (χ2v) is 8.26. The summed E-state index contributed by atoms with van der Waals surface area (Å²) in [5, 5.41) is 5.59. The molecule has 0 aliphatic carbocycles. The summed E-state index contributed by atoms with van der Waals surface area (Å²) in [5.74, 6) is 0.558. The van der Waals surface area contributed by atoms with Crippen molar-refractivity contribution < 1.29 is 14.3 Å². The van der Waals surface area contributed by atoms with Gasteiger partial charge in [0.05, 0.1) is 31.7 Å². The zero-order valence-electron chi connectivity index (χ0n) is 15.9. The first kappa shape index (κ1) is 19.9. The zero-order chi connectivity index (χ0) is 20.2. The van der Waals surface area contributed by atoms with Gasteiger partial charge in [-0.1, -0.05) is 15.9 Å². The molecule has 0 spiro atoms. The Balaban J connectivity index is 1.54. The highest BCUT2D eigenvalue weighted by molar-refractivity contribution is 9.10. The number of ether oxygens (including phenoxy) is 2. The van der Waals surface area contributed by atoms with Gasteiger partial charge in [0.1, 0.15) is 16.5 Å². The van der Waals surface area contributed by atoms with Crippen LogP contribution in [0, 0.1) is 0 Å². The van der Waals surface area contributed by atoms with Crippen molar-refractivity contribution in [2.75, 3.05) is 43.6 Å². The molecule has 0 unspecified atom stereocenters. The number of hydrogen-bond acceptors (Lipinski definition) is 6. The lowest BCUT2D eigenvalue weighted by Crippen LogP contribution is -2.36. The number of carbonyl (C=O) groups is 1. The van der Waals surface area contributed by atoms with Gasteiger partial charge in [0.2, 0.25) is 0 Å². The molecule has 0 radical (unpaired) electrons. The molecule has 1 aromatic heterocycles. The van der Waals surface area contributed by atoms with Gasteiger partial charge >= 0.3 is 0 Å². The molecule has 0 saturated carbocycles. The second-order valence-electron chi connectivity index (χ2n) is 6.48. The number of aromatic nitrogens is 1. The van der Waals surface area contributed by atoms with Gasteiger partial charge in [-0.15, -0.1) is 11.3 Å². The van der Waals surface area contributed by atoms with E-state index in [1.807, 2.05) is 42.5 Å². The fourth-order valence-corrected chi connectivity index (χ4v) is 4.29. The largest absolute Gasteiger partial charge is 0.497 e. The lowest BCUT2D eigenvalue weighted by atomic mass is 10.2. The Kier molecular flexibility index (Phi) is 6.13. The van der Waals surface area contributed by atoms with Crippen LogP contribution >= 0.6 is 27.3 Å². The Bertz CT molecular complexity index is 1000. The van der Waals surface area contributed by atoms with Crippen LogP contribution in [-0.4, -0.2) is 44.3 Å². The summed E-state index contributed by atoms with van der Waals surface area (Å²) >= 11 is 4.94. The fourth-order valence-electron chi connectivity index (χ4n) is 3.12. The summed E-state index contributed by atoms with van der Waals surface area (Å²) in [4.78, 5) is 19.6. The molecule has 0 bridgehead atoms. The summed E-state index contributed by atoms with van der Waals surface area (Å²) < 4.78 is 11.5. The number of benzene rings is 2. The first-order valence-corrected chi connectivity index (χ1v) is 10.8. The molecule has 2 aromatic carbocycles. The van der Waals surface area contributed by atoms with E-state index in [0.29, 0.717) is 18.9 Å². The molecule has 1 saturated heterocycles. The summed E-state index contributed by atoms with van der Waals surface area (Å²) in [6.07, 6.45) is 0. The molecule has 29 heavy (non-hydrogen) atoms. The first-order chi connectivity index (χ1) is 14.1. The molecule has 150 valence electrons. The maximum Gasteiger partial charge on any atom is 0.275 e. The average Bonchev–Trinajstić information content (AvgIpc) is 3.25. The van der Waals surface area contributed by atoms with Crippen LogP contribution < -0.4 is 15.0 Å². The minimum atomic E-state index is -0.228. The third-order valence-corrected chi connectivity index (χ3v) is 6.02. The SMILES string of the molecule is COc1ccc(-c2nc(C(=O)Nc3cc(Br)ccc3N3CCOCC3)cs2)cc1. The van der Waals surface area contributed by atoms with Gasteiger partial charge in [0, 0.05) is 28.5 Å². The third-order valence-electron chi connectivity index (χ3n) is 4.63. The van der Waals surface area contributed by atoms with Crippen LogP contribution in [0.3, 0.4) is 0 Å². The Morgan fingerprint density at radius 2 is 1.97 bits per heavy atom. The lowest BCUT2D eigenvalue weighted by Gasteiger charge is -2.30. The van der Waals surface area contributed by atoms with Gasteiger partial charge in [-0.25, -0.2) is 4.98 Å². The highest BCUT2D eigenvalue weighted by Crippen LogP contribution is 2.31. The molecule has 1 amide bonds. The third kappa shape index (κ3) is 4.60. The monoisotopic (exact) mass is 473 g/mol. The highest BCUT2D eigenvalue weighted by atomic mass is 79.9. The van der Waals surface area contributed by atoms with Gasteiger partial charge in [0.25, 0.3) is 5.91 Å². The van der Waals surface area contributed by atoms with Crippen LogP contribution in [0.25, 0.3) is 10.6 Å². The van der Waals surface area contributed by atoms with Crippen molar-refractivity contribution in [1.82, 2.24) is 4.98 Å².